The first-order valence-corrected chi connectivity index (χ1v) is 7.42. The van der Waals surface area contributed by atoms with Crippen LogP contribution in [0.5, 0.6) is 0 Å². The highest BCUT2D eigenvalue weighted by atomic mass is 15.2. The number of nitrogens with one attached hydrogen (secondary N) is 1. The predicted octanol–water partition coefficient (Wildman–Crippen LogP) is 2.30. The Hall–Kier alpha value is -0.860. The van der Waals surface area contributed by atoms with E-state index in [0.29, 0.717) is 0 Å². The van der Waals surface area contributed by atoms with Gasteiger partial charge in [-0.3, -0.25) is 4.90 Å². The second-order valence-electron chi connectivity index (χ2n) is 5.73. The third-order valence-corrected chi connectivity index (χ3v) is 4.32. The summed E-state index contributed by atoms with van der Waals surface area (Å²) < 4.78 is 0. The molecule has 2 heteroatoms. The van der Waals surface area contributed by atoms with E-state index < -0.39 is 0 Å². The maximum Gasteiger partial charge on any atom is 0.0249 e. The summed E-state index contributed by atoms with van der Waals surface area (Å²) in [5.41, 5.74) is 1.48. The van der Waals surface area contributed by atoms with Crippen LogP contribution in [0.3, 0.4) is 0 Å². The number of hydrogen-bond donors (Lipinski definition) is 1. The molecule has 1 unspecified atom stereocenters. The van der Waals surface area contributed by atoms with Crippen LogP contribution in [0.25, 0.3) is 0 Å². The van der Waals surface area contributed by atoms with Crippen molar-refractivity contribution in [3.8, 4) is 0 Å². The van der Waals surface area contributed by atoms with Gasteiger partial charge in [0, 0.05) is 25.7 Å². The van der Waals surface area contributed by atoms with Crippen LogP contribution in [0.1, 0.15) is 24.8 Å². The Labute approximate surface area is 110 Å². The summed E-state index contributed by atoms with van der Waals surface area (Å²) in [4.78, 5) is 2.73. The summed E-state index contributed by atoms with van der Waals surface area (Å²) >= 11 is 0. The molecule has 2 aliphatic rings. The van der Waals surface area contributed by atoms with E-state index >= 15 is 0 Å². The number of hydrogen-bond acceptors (Lipinski definition) is 2. The molecule has 2 fully saturated rings. The fourth-order valence-electron chi connectivity index (χ4n) is 3.12. The van der Waals surface area contributed by atoms with E-state index in [0.717, 1.165) is 12.0 Å². The molecule has 0 spiro atoms. The zero-order valence-electron chi connectivity index (χ0n) is 11.1. The van der Waals surface area contributed by atoms with Gasteiger partial charge in [0.1, 0.15) is 0 Å². The van der Waals surface area contributed by atoms with Gasteiger partial charge in [0.25, 0.3) is 0 Å². The van der Waals surface area contributed by atoms with Crippen LogP contribution >= 0.6 is 0 Å². The number of benzene rings is 1. The highest BCUT2D eigenvalue weighted by Crippen LogP contribution is 2.35. The second-order valence-corrected chi connectivity index (χ2v) is 5.73. The number of piperazine rings is 1. The van der Waals surface area contributed by atoms with Crippen molar-refractivity contribution in [2.45, 2.75) is 31.7 Å². The van der Waals surface area contributed by atoms with Crippen molar-refractivity contribution < 1.29 is 0 Å². The standard InChI is InChI=1S/C16H24N2/c1-2-5-14(6-3-1)7-4-11-18-12-10-17-13-16(18)15-8-9-15/h1-3,5-6,15-17H,4,7-13H2. The van der Waals surface area contributed by atoms with Crippen LogP contribution in [-0.4, -0.2) is 37.1 Å². The first kappa shape index (κ1) is 12.2. The van der Waals surface area contributed by atoms with E-state index in [1.807, 2.05) is 0 Å². The van der Waals surface area contributed by atoms with Crippen LogP contribution in [-0.2, 0) is 6.42 Å². The lowest BCUT2D eigenvalue weighted by atomic mass is 10.1. The Bertz CT molecular complexity index is 359. The highest BCUT2D eigenvalue weighted by Gasteiger charge is 2.35. The second kappa shape index (κ2) is 5.85. The molecule has 0 bridgehead atoms. The zero-order valence-corrected chi connectivity index (χ0v) is 11.1. The Kier molecular flexibility index (Phi) is 3.96. The van der Waals surface area contributed by atoms with Gasteiger partial charge in [0.05, 0.1) is 0 Å². The molecule has 1 N–H and O–H groups in total. The maximum absolute atomic E-state index is 3.55. The van der Waals surface area contributed by atoms with Crippen molar-refractivity contribution in [3.63, 3.8) is 0 Å². The first-order chi connectivity index (χ1) is 8.93. The average Bonchev–Trinajstić information content (AvgIpc) is 3.25. The molecular weight excluding hydrogens is 220 g/mol. The quantitative estimate of drug-likeness (QED) is 0.855. The van der Waals surface area contributed by atoms with E-state index in [9.17, 15) is 0 Å². The van der Waals surface area contributed by atoms with Gasteiger partial charge in [-0.15, -0.1) is 0 Å². The van der Waals surface area contributed by atoms with Crippen LogP contribution < -0.4 is 5.32 Å². The van der Waals surface area contributed by atoms with Crippen molar-refractivity contribution in [1.82, 2.24) is 10.2 Å². The summed E-state index contributed by atoms with van der Waals surface area (Å²) in [6.45, 7) is 4.91. The summed E-state index contributed by atoms with van der Waals surface area (Å²) in [5.74, 6) is 0.995. The summed E-state index contributed by atoms with van der Waals surface area (Å²) in [6, 6.07) is 11.7. The lowest BCUT2D eigenvalue weighted by Crippen LogP contribution is -2.52. The molecule has 1 aliphatic carbocycles. The maximum atomic E-state index is 3.55. The van der Waals surface area contributed by atoms with Gasteiger partial charge in [-0.2, -0.15) is 0 Å². The third kappa shape index (κ3) is 3.12. The molecule has 1 aromatic carbocycles. The molecule has 0 amide bonds. The summed E-state index contributed by atoms with van der Waals surface area (Å²) in [5, 5.41) is 3.55. The molecule has 1 atom stereocenters. The van der Waals surface area contributed by atoms with Crippen molar-refractivity contribution >= 4 is 0 Å². The molecule has 0 aromatic heterocycles. The van der Waals surface area contributed by atoms with Gasteiger partial charge >= 0.3 is 0 Å². The molecule has 1 heterocycles. The van der Waals surface area contributed by atoms with Crippen molar-refractivity contribution in [2.24, 2.45) is 5.92 Å². The minimum Gasteiger partial charge on any atom is -0.314 e. The number of rotatable bonds is 5. The van der Waals surface area contributed by atoms with E-state index in [4.69, 9.17) is 0 Å². The topological polar surface area (TPSA) is 15.3 Å². The Morgan fingerprint density at radius 3 is 2.78 bits per heavy atom. The van der Waals surface area contributed by atoms with Crippen LogP contribution in [0.15, 0.2) is 30.3 Å². The van der Waals surface area contributed by atoms with Gasteiger partial charge < -0.3 is 5.32 Å². The minimum absolute atomic E-state index is 0.828. The van der Waals surface area contributed by atoms with Crippen LogP contribution in [0.2, 0.25) is 0 Å². The fraction of sp³-hybridized carbons (Fsp3) is 0.625. The minimum atomic E-state index is 0.828. The third-order valence-electron chi connectivity index (χ3n) is 4.32. The van der Waals surface area contributed by atoms with E-state index in [-0.39, 0.29) is 0 Å². The molecule has 98 valence electrons. The molecule has 3 rings (SSSR count). The predicted molar refractivity (Wildman–Crippen MR) is 75.7 cm³/mol. The van der Waals surface area contributed by atoms with Crippen molar-refractivity contribution in [3.05, 3.63) is 35.9 Å². The first-order valence-electron chi connectivity index (χ1n) is 7.42. The highest BCUT2D eigenvalue weighted by molar-refractivity contribution is 5.14. The van der Waals surface area contributed by atoms with Crippen LogP contribution in [0.4, 0.5) is 0 Å². The van der Waals surface area contributed by atoms with Gasteiger partial charge in [-0.05, 0) is 43.7 Å². The Balaban J connectivity index is 1.46. The van der Waals surface area contributed by atoms with E-state index in [1.54, 1.807) is 0 Å². The molecule has 0 radical (unpaired) electrons. The Morgan fingerprint density at radius 2 is 2.00 bits per heavy atom. The van der Waals surface area contributed by atoms with E-state index in [1.165, 1.54) is 57.4 Å². The molecule has 1 aromatic rings. The molecule has 1 saturated heterocycles. The molecular formula is C16H24N2. The van der Waals surface area contributed by atoms with Crippen molar-refractivity contribution in [2.75, 3.05) is 26.2 Å². The lowest BCUT2D eigenvalue weighted by Gasteiger charge is -2.36. The number of aryl methyl sites for hydroxylation is 1. The van der Waals surface area contributed by atoms with E-state index in [2.05, 4.69) is 40.5 Å². The summed E-state index contributed by atoms with van der Waals surface area (Å²) in [7, 11) is 0. The molecule has 1 aliphatic heterocycles. The number of nitrogens with zero attached hydrogens (tertiary/aromatic N) is 1. The van der Waals surface area contributed by atoms with Crippen LogP contribution in [0, 0.1) is 5.92 Å². The SMILES string of the molecule is c1ccc(CCCN2CCNCC2C2CC2)cc1. The molecule has 2 nitrogen and oxygen atoms in total. The van der Waals surface area contributed by atoms with Crippen molar-refractivity contribution in [1.29, 1.82) is 0 Å². The largest absolute Gasteiger partial charge is 0.314 e. The van der Waals surface area contributed by atoms with Gasteiger partial charge in [-0.1, -0.05) is 30.3 Å². The molecule has 1 saturated carbocycles. The van der Waals surface area contributed by atoms with Gasteiger partial charge in [0.2, 0.25) is 0 Å². The fourth-order valence-corrected chi connectivity index (χ4v) is 3.12. The Morgan fingerprint density at radius 1 is 1.17 bits per heavy atom. The van der Waals surface area contributed by atoms with Gasteiger partial charge in [-0.25, -0.2) is 0 Å². The van der Waals surface area contributed by atoms with Gasteiger partial charge in [0.15, 0.2) is 0 Å². The molecule has 18 heavy (non-hydrogen) atoms. The normalized spacial score (nSPS) is 25.2. The zero-order chi connectivity index (χ0) is 12.2. The average molecular weight is 244 g/mol. The summed E-state index contributed by atoms with van der Waals surface area (Å²) in [6.07, 6.45) is 5.44. The lowest BCUT2D eigenvalue weighted by molar-refractivity contribution is 0.142. The smallest absolute Gasteiger partial charge is 0.0249 e. The monoisotopic (exact) mass is 244 g/mol.